The maximum Gasteiger partial charge on any atom is 0.245 e. The van der Waals surface area contributed by atoms with E-state index in [1.165, 1.54) is 4.90 Å². The van der Waals surface area contributed by atoms with Gasteiger partial charge >= 0.3 is 0 Å². The molecular weight excluding hydrogens is 260 g/mol. The molecular formula is C13H22N4O3. The van der Waals surface area contributed by atoms with E-state index in [1.54, 1.807) is 20.0 Å². The van der Waals surface area contributed by atoms with Gasteiger partial charge in [0.1, 0.15) is 5.76 Å². The van der Waals surface area contributed by atoms with E-state index < -0.39 is 6.04 Å². The molecule has 0 bridgehead atoms. The highest BCUT2D eigenvalue weighted by Crippen LogP contribution is 2.18. The summed E-state index contributed by atoms with van der Waals surface area (Å²) in [6, 6.07) is 0.940. The Bertz CT molecular complexity index is 490. The summed E-state index contributed by atoms with van der Waals surface area (Å²) in [4.78, 5) is 25.2. The second kappa shape index (κ2) is 6.04. The van der Waals surface area contributed by atoms with Gasteiger partial charge in [0.15, 0.2) is 5.82 Å². The highest BCUT2D eigenvalue weighted by Gasteiger charge is 2.30. The van der Waals surface area contributed by atoms with Crippen molar-refractivity contribution in [2.24, 2.45) is 11.1 Å². The average molecular weight is 282 g/mol. The molecule has 0 aliphatic heterocycles. The highest BCUT2D eigenvalue weighted by atomic mass is 16.5. The van der Waals surface area contributed by atoms with Crippen LogP contribution in [-0.2, 0) is 9.59 Å². The fraction of sp³-hybridized carbons (Fsp3) is 0.615. The Hall–Kier alpha value is -1.89. The number of nitrogens with zero attached hydrogens (tertiary/aromatic N) is 2. The van der Waals surface area contributed by atoms with Gasteiger partial charge in [-0.2, -0.15) is 0 Å². The molecule has 1 atom stereocenters. The summed E-state index contributed by atoms with van der Waals surface area (Å²) in [5.41, 5.74) is 5.52. The summed E-state index contributed by atoms with van der Waals surface area (Å²) >= 11 is 0. The molecule has 1 aromatic heterocycles. The smallest absolute Gasteiger partial charge is 0.245 e. The molecule has 1 heterocycles. The van der Waals surface area contributed by atoms with Crippen molar-refractivity contribution in [2.75, 3.05) is 18.9 Å². The second-order valence-corrected chi connectivity index (χ2v) is 5.91. The molecule has 7 heteroatoms. The number of hydrogen-bond donors (Lipinski definition) is 2. The summed E-state index contributed by atoms with van der Waals surface area (Å²) < 4.78 is 4.84. The van der Waals surface area contributed by atoms with Crippen LogP contribution in [0.15, 0.2) is 10.6 Å². The molecule has 0 aromatic carbocycles. The first-order valence-electron chi connectivity index (χ1n) is 6.35. The lowest BCUT2D eigenvalue weighted by molar-refractivity contribution is -0.136. The Morgan fingerprint density at radius 1 is 1.50 bits per heavy atom. The Kier molecular flexibility index (Phi) is 4.88. The molecule has 1 aromatic rings. The lowest BCUT2D eigenvalue weighted by atomic mass is 9.86. The molecule has 0 radical (unpaired) electrons. The van der Waals surface area contributed by atoms with Gasteiger partial charge in [0.25, 0.3) is 0 Å². The first-order chi connectivity index (χ1) is 9.11. The maximum absolute atomic E-state index is 12.1. The van der Waals surface area contributed by atoms with Gasteiger partial charge in [0.05, 0.1) is 12.6 Å². The van der Waals surface area contributed by atoms with Gasteiger partial charge in [-0.3, -0.25) is 9.59 Å². The molecule has 3 N–H and O–H groups in total. The van der Waals surface area contributed by atoms with Gasteiger partial charge in [-0.1, -0.05) is 25.9 Å². The van der Waals surface area contributed by atoms with Crippen LogP contribution in [0.25, 0.3) is 0 Å². The van der Waals surface area contributed by atoms with E-state index in [4.69, 9.17) is 10.3 Å². The predicted molar refractivity (Wildman–Crippen MR) is 74.9 cm³/mol. The summed E-state index contributed by atoms with van der Waals surface area (Å²) in [7, 11) is 1.54. The minimum absolute atomic E-state index is 0.0888. The van der Waals surface area contributed by atoms with E-state index in [-0.39, 0.29) is 23.8 Å². The first-order valence-corrected chi connectivity index (χ1v) is 6.35. The molecule has 20 heavy (non-hydrogen) atoms. The fourth-order valence-corrected chi connectivity index (χ4v) is 1.51. The number of rotatable bonds is 4. The van der Waals surface area contributed by atoms with Crippen molar-refractivity contribution in [1.29, 1.82) is 0 Å². The second-order valence-electron chi connectivity index (χ2n) is 5.91. The number of carbonyl (C=O) groups is 2. The van der Waals surface area contributed by atoms with Gasteiger partial charge in [-0.05, 0) is 12.3 Å². The number of carbonyl (C=O) groups excluding carboxylic acids is 2. The van der Waals surface area contributed by atoms with Gasteiger partial charge in [-0.25, -0.2) is 0 Å². The minimum Gasteiger partial charge on any atom is -0.360 e. The molecule has 2 amide bonds. The largest absolute Gasteiger partial charge is 0.360 e. The van der Waals surface area contributed by atoms with E-state index in [0.29, 0.717) is 11.6 Å². The number of aromatic nitrogens is 1. The Morgan fingerprint density at radius 2 is 2.10 bits per heavy atom. The molecule has 0 aliphatic carbocycles. The van der Waals surface area contributed by atoms with Crippen LogP contribution in [-0.4, -0.2) is 41.5 Å². The van der Waals surface area contributed by atoms with E-state index >= 15 is 0 Å². The molecule has 0 fully saturated rings. The van der Waals surface area contributed by atoms with Gasteiger partial charge in [0, 0.05) is 13.1 Å². The molecule has 0 aliphatic rings. The third-order valence-electron chi connectivity index (χ3n) is 2.85. The number of anilines is 1. The number of aryl methyl sites for hydroxylation is 1. The van der Waals surface area contributed by atoms with Crippen molar-refractivity contribution in [3.8, 4) is 0 Å². The summed E-state index contributed by atoms with van der Waals surface area (Å²) in [5, 5.41) is 6.19. The normalized spacial score (nSPS) is 12.9. The standard InChI is InChI=1S/C13H22N4O3/c1-8-6-9(16-20-8)15-10(18)7-17(5)12(19)11(14)13(2,3)4/h6,11H,7,14H2,1-5H3,(H,15,16,18). The van der Waals surface area contributed by atoms with Crippen LogP contribution in [0.4, 0.5) is 5.82 Å². The van der Waals surface area contributed by atoms with Crippen LogP contribution in [0.3, 0.4) is 0 Å². The summed E-state index contributed by atoms with van der Waals surface area (Å²) in [6.45, 7) is 7.26. The maximum atomic E-state index is 12.1. The van der Waals surface area contributed by atoms with Crippen LogP contribution in [0.5, 0.6) is 0 Å². The molecule has 1 rings (SSSR count). The highest BCUT2D eigenvalue weighted by molar-refractivity contribution is 5.94. The van der Waals surface area contributed by atoms with Gasteiger partial charge in [-0.15, -0.1) is 0 Å². The van der Waals surface area contributed by atoms with E-state index in [1.807, 2.05) is 20.8 Å². The Balaban J connectivity index is 2.55. The third-order valence-corrected chi connectivity index (χ3v) is 2.85. The summed E-state index contributed by atoms with van der Waals surface area (Å²) in [5.74, 6) is 0.298. The topological polar surface area (TPSA) is 101 Å². The van der Waals surface area contributed by atoms with Crippen molar-refractivity contribution in [1.82, 2.24) is 10.1 Å². The minimum atomic E-state index is -0.658. The van der Waals surface area contributed by atoms with E-state index in [2.05, 4.69) is 10.5 Å². The van der Waals surface area contributed by atoms with Crippen molar-refractivity contribution in [2.45, 2.75) is 33.7 Å². The summed E-state index contributed by atoms with van der Waals surface area (Å²) in [6.07, 6.45) is 0. The number of hydrogen-bond acceptors (Lipinski definition) is 5. The molecule has 112 valence electrons. The SMILES string of the molecule is Cc1cc(NC(=O)CN(C)C(=O)C(N)C(C)(C)C)no1. The quantitative estimate of drug-likeness (QED) is 0.848. The molecule has 1 unspecified atom stereocenters. The molecule has 0 saturated heterocycles. The molecule has 7 nitrogen and oxygen atoms in total. The van der Waals surface area contributed by atoms with Crippen molar-refractivity contribution in [3.05, 3.63) is 11.8 Å². The number of amides is 2. The fourth-order valence-electron chi connectivity index (χ4n) is 1.51. The number of nitrogens with two attached hydrogens (primary N) is 1. The first kappa shape index (κ1) is 16.2. The van der Waals surface area contributed by atoms with E-state index in [9.17, 15) is 9.59 Å². The zero-order valence-electron chi connectivity index (χ0n) is 12.6. The number of nitrogens with one attached hydrogen (secondary N) is 1. The van der Waals surface area contributed by atoms with Gasteiger partial charge in [0.2, 0.25) is 11.8 Å². The van der Waals surface area contributed by atoms with Crippen LogP contribution >= 0.6 is 0 Å². The van der Waals surface area contributed by atoms with Crippen molar-refractivity contribution >= 4 is 17.6 Å². The molecule has 0 spiro atoms. The van der Waals surface area contributed by atoms with Crippen LogP contribution in [0.2, 0.25) is 0 Å². The lowest BCUT2D eigenvalue weighted by Gasteiger charge is -2.29. The van der Waals surface area contributed by atoms with Crippen molar-refractivity contribution in [3.63, 3.8) is 0 Å². The van der Waals surface area contributed by atoms with E-state index in [0.717, 1.165) is 0 Å². The average Bonchev–Trinajstić information content (AvgIpc) is 2.71. The van der Waals surface area contributed by atoms with Crippen LogP contribution in [0.1, 0.15) is 26.5 Å². The zero-order valence-corrected chi connectivity index (χ0v) is 12.6. The third kappa shape index (κ3) is 4.34. The molecule has 0 saturated carbocycles. The Labute approximate surface area is 118 Å². The monoisotopic (exact) mass is 282 g/mol. The van der Waals surface area contributed by atoms with Crippen molar-refractivity contribution < 1.29 is 14.1 Å². The van der Waals surface area contributed by atoms with Crippen LogP contribution in [0, 0.1) is 12.3 Å². The Morgan fingerprint density at radius 3 is 2.55 bits per heavy atom. The van der Waals surface area contributed by atoms with Gasteiger partial charge < -0.3 is 20.5 Å². The number of likely N-dealkylation sites (N-methyl/N-ethyl adjacent to an activating group) is 1. The van der Waals surface area contributed by atoms with Crippen LogP contribution < -0.4 is 11.1 Å². The predicted octanol–water partition coefficient (Wildman–Crippen LogP) is 0.753. The zero-order chi connectivity index (χ0) is 15.5. The lowest BCUT2D eigenvalue weighted by Crippen LogP contribution is -2.50.